The van der Waals surface area contributed by atoms with Gasteiger partial charge in [0.05, 0.1) is 4.92 Å². The average molecular weight is 251 g/mol. The number of hydrogen-bond acceptors (Lipinski definition) is 4. The second-order valence-corrected chi connectivity index (χ2v) is 2.74. The van der Waals surface area contributed by atoms with Crippen LogP contribution in [0.1, 0.15) is 10.4 Å². The first kappa shape index (κ1) is 12.7. The van der Waals surface area contributed by atoms with E-state index in [1.807, 2.05) is 0 Å². The van der Waals surface area contributed by atoms with Crippen LogP contribution >= 0.6 is 0 Å². The smallest absolute Gasteiger partial charge is 0.387 e. The molecule has 0 aliphatic rings. The van der Waals surface area contributed by atoms with Crippen LogP contribution < -0.4 is 4.74 Å². The van der Waals surface area contributed by atoms with E-state index < -0.39 is 40.3 Å². The largest absolute Gasteiger partial charge is 0.478 e. The SMILES string of the molecule is O=C(O)c1cc([N+](=O)[O-])c(OC(F)F)cc1F. The van der Waals surface area contributed by atoms with Crippen LogP contribution in [0.2, 0.25) is 0 Å². The summed E-state index contributed by atoms with van der Waals surface area (Å²) in [6.45, 7) is -3.39. The van der Waals surface area contributed by atoms with Crippen molar-refractivity contribution in [1.82, 2.24) is 0 Å². The van der Waals surface area contributed by atoms with Gasteiger partial charge in [-0.2, -0.15) is 8.78 Å². The highest BCUT2D eigenvalue weighted by Gasteiger charge is 2.24. The quantitative estimate of drug-likeness (QED) is 0.653. The maximum atomic E-state index is 13.1. The number of ether oxygens (including phenoxy) is 1. The molecule has 0 saturated carbocycles. The van der Waals surface area contributed by atoms with Crippen molar-refractivity contribution in [2.24, 2.45) is 0 Å². The number of nitrogens with zero attached hydrogens (tertiary/aromatic N) is 1. The van der Waals surface area contributed by atoms with Crippen molar-refractivity contribution in [2.45, 2.75) is 6.61 Å². The molecule has 0 amide bonds. The molecule has 0 bridgehead atoms. The zero-order valence-electron chi connectivity index (χ0n) is 7.89. The van der Waals surface area contributed by atoms with Gasteiger partial charge in [0.2, 0.25) is 5.75 Å². The fraction of sp³-hybridized carbons (Fsp3) is 0.125. The van der Waals surface area contributed by atoms with Gasteiger partial charge in [-0.05, 0) is 0 Å². The molecule has 0 saturated heterocycles. The first-order valence-corrected chi connectivity index (χ1v) is 3.99. The number of rotatable bonds is 4. The topological polar surface area (TPSA) is 89.7 Å². The van der Waals surface area contributed by atoms with Gasteiger partial charge in [0, 0.05) is 12.1 Å². The Bertz CT molecular complexity index is 476. The normalized spacial score (nSPS) is 10.4. The minimum absolute atomic E-state index is 0.230. The summed E-state index contributed by atoms with van der Waals surface area (Å²) in [5.41, 5.74) is -2.05. The fourth-order valence-corrected chi connectivity index (χ4v) is 1.04. The van der Waals surface area contributed by atoms with E-state index in [4.69, 9.17) is 5.11 Å². The van der Waals surface area contributed by atoms with Crippen LogP contribution in [-0.2, 0) is 0 Å². The van der Waals surface area contributed by atoms with E-state index in [1.54, 1.807) is 0 Å². The summed E-state index contributed by atoms with van der Waals surface area (Å²) in [7, 11) is 0. The summed E-state index contributed by atoms with van der Waals surface area (Å²) in [4.78, 5) is 19.8. The molecule has 6 nitrogen and oxygen atoms in total. The van der Waals surface area contributed by atoms with Gasteiger partial charge in [-0.15, -0.1) is 0 Å². The van der Waals surface area contributed by atoms with Gasteiger partial charge >= 0.3 is 18.3 Å². The van der Waals surface area contributed by atoms with Crippen LogP contribution in [0.5, 0.6) is 5.75 Å². The third-order valence-electron chi connectivity index (χ3n) is 1.69. The van der Waals surface area contributed by atoms with E-state index in [0.717, 1.165) is 0 Å². The minimum atomic E-state index is -3.39. The predicted octanol–water partition coefficient (Wildman–Crippen LogP) is 2.03. The Morgan fingerprint density at radius 3 is 2.47 bits per heavy atom. The first-order valence-electron chi connectivity index (χ1n) is 3.99. The zero-order valence-corrected chi connectivity index (χ0v) is 7.89. The summed E-state index contributed by atoms with van der Waals surface area (Å²) >= 11 is 0. The molecule has 0 heterocycles. The van der Waals surface area contributed by atoms with Crippen molar-refractivity contribution in [3.05, 3.63) is 33.6 Å². The Hall–Kier alpha value is -2.32. The van der Waals surface area contributed by atoms with Crippen LogP contribution in [0.3, 0.4) is 0 Å². The minimum Gasteiger partial charge on any atom is -0.478 e. The van der Waals surface area contributed by atoms with Gasteiger partial charge in [-0.25, -0.2) is 9.18 Å². The van der Waals surface area contributed by atoms with Crippen LogP contribution in [0.4, 0.5) is 18.9 Å². The van der Waals surface area contributed by atoms with Crippen LogP contribution in [0.25, 0.3) is 0 Å². The van der Waals surface area contributed by atoms with Crippen molar-refractivity contribution in [2.75, 3.05) is 0 Å². The number of carbonyl (C=O) groups is 1. The first-order chi connectivity index (χ1) is 7.82. The van der Waals surface area contributed by atoms with Crippen molar-refractivity contribution in [1.29, 1.82) is 0 Å². The van der Waals surface area contributed by atoms with E-state index in [-0.39, 0.29) is 6.07 Å². The molecular weight excluding hydrogens is 247 g/mol. The highest BCUT2D eigenvalue weighted by atomic mass is 19.3. The lowest BCUT2D eigenvalue weighted by molar-refractivity contribution is -0.386. The average Bonchev–Trinajstić information content (AvgIpc) is 2.15. The van der Waals surface area contributed by atoms with E-state index in [0.29, 0.717) is 6.07 Å². The van der Waals surface area contributed by atoms with Gasteiger partial charge < -0.3 is 9.84 Å². The number of carboxylic acids is 1. The zero-order chi connectivity index (χ0) is 13.2. The monoisotopic (exact) mass is 251 g/mol. The summed E-state index contributed by atoms with van der Waals surface area (Å²) < 4.78 is 40.5. The Balaban J connectivity index is 3.35. The summed E-state index contributed by atoms with van der Waals surface area (Å²) in [5, 5.41) is 18.9. The number of nitro groups is 1. The number of halogens is 3. The molecule has 1 rings (SSSR count). The highest BCUT2D eigenvalue weighted by molar-refractivity contribution is 5.89. The van der Waals surface area contributed by atoms with E-state index in [9.17, 15) is 28.1 Å². The molecule has 92 valence electrons. The number of carboxylic acid groups (broad SMARTS) is 1. The molecule has 0 fully saturated rings. The lowest BCUT2D eigenvalue weighted by Crippen LogP contribution is -2.08. The lowest BCUT2D eigenvalue weighted by atomic mass is 10.2. The van der Waals surface area contributed by atoms with Gasteiger partial charge in [-0.1, -0.05) is 0 Å². The van der Waals surface area contributed by atoms with Gasteiger partial charge in [0.15, 0.2) is 0 Å². The molecule has 0 unspecified atom stereocenters. The van der Waals surface area contributed by atoms with E-state index in [1.165, 1.54) is 0 Å². The highest BCUT2D eigenvalue weighted by Crippen LogP contribution is 2.31. The number of benzene rings is 1. The molecule has 0 spiro atoms. The summed E-state index contributed by atoms with van der Waals surface area (Å²) in [5.74, 6) is -4.19. The number of aromatic carboxylic acids is 1. The molecule has 0 radical (unpaired) electrons. The Kier molecular flexibility index (Phi) is 3.51. The standard InChI is InChI=1S/C8H4F3NO5/c9-4-2-6(17-8(10)11)5(12(15)16)1-3(4)7(13)14/h1-2,8H,(H,13,14). The Labute approximate surface area is 91.4 Å². The lowest BCUT2D eigenvalue weighted by Gasteiger charge is -2.06. The second-order valence-electron chi connectivity index (χ2n) is 2.74. The third kappa shape index (κ3) is 2.83. The molecule has 1 N–H and O–H groups in total. The van der Waals surface area contributed by atoms with Crippen molar-refractivity contribution in [3.8, 4) is 5.75 Å². The molecule has 1 aromatic carbocycles. The molecular formula is C8H4F3NO5. The van der Waals surface area contributed by atoms with Gasteiger partial charge in [0.1, 0.15) is 11.4 Å². The molecule has 0 aliphatic carbocycles. The maximum absolute atomic E-state index is 13.1. The van der Waals surface area contributed by atoms with Crippen molar-refractivity contribution < 1.29 is 32.7 Å². The van der Waals surface area contributed by atoms with Gasteiger partial charge in [0.25, 0.3) is 0 Å². The predicted molar refractivity (Wildman–Crippen MR) is 46.6 cm³/mol. The molecule has 0 aliphatic heterocycles. The number of hydrogen-bond donors (Lipinski definition) is 1. The molecule has 0 aromatic heterocycles. The molecule has 1 aromatic rings. The van der Waals surface area contributed by atoms with Gasteiger partial charge in [-0.3, -0.25) is 10.1 Å². The maximum Gasteiger partial charge on any atom is 0.387 e. The van der Waals surface area contributed by atoms with E-state index in [2.05, 4.69) is 4.74 Å². The summed E-state index contributed by atoms with van der Waals surface area (Å²) in [6.07, 6.45) is 0. The molecule has 0 atom stereocenters. The van der Waals surface area contributed by atoms with Crippen LogP contribution in [-0.4, -0.2) is 22.6 Å². The van der Waals surface area contributed by atoms with Crippen LogP contribution in [0.15, 0.2) is 12.1 Å². The fourth-order valence-electron chi connectivity index (χ4n) is 1.04. The Morgan fingerprint density at radius 2 is 2.06 bits per heavy atom. The third-order valence-corrected chi connectivity index (χ3v) is 1.69. The number of nitro benzene ring substituents is 1. The summed E-state index contributed by atoms with van der Waals surface area (Å²) in [6, 6.07) is 0.545. The van der Waals surface area contributed by atoms with E-state index >= 15 is 0 Å². The molecule has 17 heavy (non-hydrogen) atoms. The Morgan fingerprint density at radius 1 is 1.47 bits per heavy atom. The van der Waals surface area contributed by atoms with Crippen molar-refractivity contribution in [3.63, 3.8) is 0 Å². The number of alkyl halides is 2. The molecule has 9 heteroatoms. The van der Waals surface area contributed by atoms with Crippen LogP contribution in [0, 0.1) is 15.9 Å². The van der Waals surface area contributed by atoms with Crippen molar-refractivity contribution >= 4 is 11.7 Å². The second kappa shape index (κ2) is 4.68.